The summed E-state index contributed by atoms with van der Waals surface area (Å²) in [5.74, 6) is -3.08. The van der Waals surface area contributed by atoms with E-state index in [4.69, 9.17) is 9.52 Å². The molecule has 1 aromatic heterocycles. The van der Waals surface area contributed by atoms with E-state index in [2.05, 4.69) is 5.32 Å². The van der Waals surface area contributed by atoms with Gasteiger partial charge in [0, 0.05) is 6.54 Å². The van der Waals surface area contributed by atoms with E-state index >= 15 is 0 Å². The van der Waals surface area contributed by atoms with Gasteiger partial charge in [0.25, 0.3) is 5.91 Å². The van der Waals surface area contributed by atoms with E-state index in [0.29, 0.717) is 16.7 Å². The third-order valence-corrected chi connectivity index (χ3v) is 6.43. The van der Waals surface area contributed by atoms with E-state index in [1.165, 1.54) is 72.8 Å². The van der Waals surface area contributed by atoms with E-state index in [9.17, 15) is 31.9 Å². The minimum Gasteiger partial charge on any atom is -0.478 e. The van der Waals surface area contributed by atoms with Gasteiger partial charge in [-0.25, -0.2) is 14.0 Å². The summed E-state index contributed by atoms with van der Waals surface area (Å²) in [6.45, 7) is -0.292. The number of aromatic carboxylic acids is 1. The molecule has 0 spiro atoms. The van der Waals surface area contributed by atoms with Gasteiger partial charge in [0.15, 0.2) is 5.58 Å². The summed E-state index contributed by atoms with van der Waals surface area (Å²) >= 11 is 0. The molecule has 0 aliphatic rings. The summed E-state index contributed by atoms with van der Waals surface area (Å²) in [5, 5.41) is 11.8. The monoisotopic (exact) mass is 564 g/mol. The Bertz CT molecular complexity index is 1820. The van der Waals surface area contributed by atoms with Crippen molar-refractivity contribution in [3.05, 3.63) is 129 Å². The fourth-order valence-electron chi connectivity index (χ4n) is 4.40. The van der Waals surface area contributed by atoms with Crippen LogP contribution in [0.3, 0.4) is 0 Å². The molecule has 5 aromatic rings. The molecule has 4 aromatic carbocycles. The van der Waals surface area contributed by atoms with Crippen molar-refractivity contribution in [2.45, 2.75) is 19.3 Å². The van der Waals surface area contributed by atoms with Gasteiger partial charge in [0.05, 0.1) is 23.2 Å². The van der Waals surface area contributed by atoms with Gasteiger partial charge >= 0.3 is 17.9 Å². The van der Waals surface area contributed by atoms with Crippen molar-refractivity contribution in [1.82, 2.24) is 9.88 Å². The number of aromatic nitrogens is 1. The number of hydrogen-bond donors (Lipinski definition) is 2. The van der Waals surface area contributed by atoms with Crippen LogP contribution < -0.4 is 11.1 Å². The normalized spacial score (nSPS) is 11.5. The van der Waals surface area contributed by atoms with Crippen molar-refractivity contribution in [3.63, 3.8) is 0 Å². The van der Waals surface area contributed by atoms with Crippen LogP contribution in [0, 0.1) is 5.82 Å². The Morgan fingerprint density at radius 3 is 2.24 bits per heavy atom. The quantitative estimate of drug-likeness (QED) is 0.233. The smallest absolute Gasteiger partial charge is 0.420 e. The number of benzene rings is 4. The molecule has 5 rings (SSSR count). The van der Waals surface area contributed by atoms with Crippen molar-refractivity contribution in [3.8, 4) is 11.1 Å². The van der Waals surface area contributed by atoms with E-state index in [1.807, 2.05) is 0 Å². The van der Waals surface area contributed by atoms with E-state index in [-0.39, 0.29) is 40.9 Å². The number of amides is 1. The van der Waals surface area contributed by atoms with Crippen LogP contribution in [-0.2, 0) is 19.3 Å². The molecule has 0 saturated heterocycles. The number of carboxylic acid groups (broad SMARTS) is 1. The average molecular weight is 564 g/mol. The molecule has 1 heterocycles. The predicted molar refractivity (Wildman–Crippen MR) is 141 cm³/mol. The first-order valence-corrected chi connectivity index (χ1v) is 12.2. The van der Waals surface area contributed by atoms with Crippen molar-refractivity contribution >= 4 is 23.0 Å². The van der Waals surface area contributed by atoms with Crippen molar-refractivity contribution in [2.75, 3.05) is 0 Å². The molecule has 0 saturated carbocycles. The topological polar surface area (TPSA) is 102 Å². The Morgan fingerprint density at radius 2 is 1.59 bits per heavy atom. The second kappa shape index (κ2) is 10.8. The summed E-state index contributed by atoms with van der Waals surface area (Å²) in [6.07, 6.45) is -4.59. The lowest BCUT2D eigenvalue weighted by atomic mass is 10.0. The summed E-state index contributed by atoms with van der Waals surface area (Å²) in [5.41, 5.74) is 0.999. The lowest BCUT2D eigenvalue weighted by Gasteiger charge is -2.12. The zero-order valence-electron chi connectivity index (χ0n) is 21.0. The number of fused-ring (bicyclic) bond motifs is 1. The maximum atomic E-state index is 13.5. The van der Waals surface area contributed by atoms with Gasteiger partial charge in [-0.05, 0) is 70.8 Å². The van der Waals surface area contributed by atoms with Crippen LogP contribution in [0.1, 0.15) is 37.4 Å². The summed E-state index contributed by atoms with van der Waals surface area (Å²) in [6, 6.07) is 18.7. The fraction of sp³-hybridized carbons (Fsp3) is 0.100. The highest BCUT2D eigenvalue weighted by Crippen LogP contribution is 2.31. The third-order valence-electron chi connectivity index (χ3n) is 6.43. The van der Waals surface area contributed by atoms with Gasteiger partial charge in [-0.15, -0.1) is 0 Å². The number of nitrogens with one attached hydrogen (secondary N) is 1. The first kappa shape index (κ1) is 27.4. The number of carbonyl (C=O) groups is 2. The van der Waals surface area contributed by atoms with E-state index in [0.717, 1.165) is 16.7 Å². The molecular weight excluding hydrogens is 544 g/mol. The molecule has 0 atom stereocenters. The zero-order chi connectivity index (χ0) is 29.3. The largest absolute Gasteiger partial charge is 0.478 e. The molecule has 0 bridgehead atoms. The highest BCUT2D eigenvalue weighted by Gasteiger charge is 2.30. The van der Waals surface area contributed by atoms with Crippen LogP contribution in [-0.4, -0.2) is 21.6 Å². The molecule has 0 fully saturated rings. The lowest BCUT2D eigenvalue weighted by Crippen LogP contribution is -2.25. The molecule has 0 unspecified atom stereocenters. The Hall–Kier alpha value is -5.19. The highest BCUT2D eigenvalue weighted by molar-refractivity contribution is 6.06. The van der Waals surface area contributed by atoms with Crippen LogP contribution >= 0.6 is 0 Å². The van der Waals surface area contributed by atoms with Crippen molar-refractivity contribution < 1.29 is 36.7 Å². The molecule has 0 aliphatic heterocycles. The van der Waals surface area contributed by atoms with Gasteiger partial charge in [-0.1, -0.05) is 36.4 Å². The molecule has 0 aliphatic carbocycles. The molecule has 11 heteroatoms. The number of hydrogen-bond acceptors (Lipinski definition) is 4. The minimum atomic E-state index is -4.59. The average Bonchev–Trinajstić information content (AvgIpc) is 3.26. The van der Waals surface area contributed by atoms with Crippen LogP contribution in [0.2, 0.25) is 0 Å². The van der Waals surface area contributed by atoms with E-state index in [1.54, 1.807) is 0 Å². The molecule has 1 amide bonds. The summed E-state index contributed by atoms with van der Waals surface area (Å²) in [4.78, 5) is 37.5. The van der Waals surface area contributed by atoms with Crippen LogP contribution in [0.5, 0.6) is 0 Å². The number of nitrogens with zero attached hydrogens (tertiary/aromatic N) is 1. The molecule has 41 heavy (non-hydrogen) atoms. The minimum absolute atomic E-state index is 0.00167. The zero-order valence-corrected chi connectivity index (χ0v) is 21.0. The van der Waals surface area contributed by atoms with Crippen LogP contribution in [0.15, 0.2) is 94.1 Å². The number of carbonyl (C=O) groups excluding carboxylic acids is 1. The SMILES string of the molecule is O=C(O)c1ccc(CNC(=O)c2cc(-c3ccc(F)cc3)cc3oc(=O)n(Cc4cccc(C(F)(F)F)c4)c23)cc1. The first-order chi connectivity index (χ1) is 19.5. The fourth-order valence-corrected chi connectivity index (χ4v) is 4.40. The van der Waals surface area contributed by atoms with Gasteiger partial charge in [-0.3, -0.25) is 9.36 Å². The molecule has 0 radical (unpaired) electrons. The number of oxazole rings is 1. The van der Waals surface area contributed by atoms with Gasteiger partial charge in [0.1, 0.15) is 11.3 Å². The van der Waals surface area contributed by atoms with Crippen LogP contribution in [0.4, 0.5) is 17.6 Å². The predicted octanol–water partition coefficient (Wildman–Crippen LogP) is 6.10. The van der Waals surface area contributed by atoms with Crippen molar-refractivity contribution in [2.24, 2.45) is 0 Å². The third kappa shape index (κ3) is 5.88. The number of halogens is 4. The summed E-state index contributed by atoms with van der Waals surface area (Å²) in [7, 11) is 0. The Kier molecular flexibility index (Phi) is 7.19. The Morgan fingerprint density at radius 1 is 0.878 bits per heavy atom. The standard InChI is InChI=1S/C30H20F4N2O5/c31-23-10-8-19(9-11-23)21-13-24(27(37)35-15-17-4-6-20(7-5-17)28(38)39)26-25(14-21)41-29(40)36(26)16-18-2-1-3-22(12-18)30(32,33)34/h1-14H,15-16H2,(H,35,37)(H,38,39). The Balaban J connectivity index is 1.57. The molecular formula is C30H20F4N2O5. The molecule has 2 N–H and O–H groups in total. The van der Waals surface area contributed by atoms with Crippen LogP contribution in [0.25, 0.3) is 22.2 Å². The number of rotatable bonds is 7. The van der Waals surface area contributed by atoms with E-state index < -0.39 is 35.2 Å². The van der Waals surface area contributed by atoms with Gasteiger partial charge in [0.2, 0.25) is 0 Å². The van der Waals surface area contributed by atoms with Gasteiger partial charge < -0.3 is 14.8 Å². The number of carboxylic acids is 1. The second-order valence-corrected chi connectivity index (χ2v) is 9.21. The molecule has 208 valence electrons. The summed E-state index contributed by atoms with van der Waals surface area (Å²) < 4.78 is 59.8. The maximum absolute atomic E-state index is 13.5. The highest BCUT2D eigenvalue weighted by atomic mass is 19.4. The lowest BCUT2D eigenvalue weighted by molar-refractivity contribution is -0.137. The van der Waals surface area contributed by atoms with Crippen molar-refractivity contribution in [1.29, 1.82) is 0 Å². The molecule has 7 nitrogen and oxygen atoms in total. The maximum Gasteiger partial charge on any atom is 0.420 e. The Labute approximate surface area is 229 Å². The second-order valence-electron chi connectivity index (χ2n) is 9.21. The first-order valence-electron chi connectivity index (χ1n) is 12.2. The number of alkyl halides is 3. The van der Waals surface area contributed by atoms with Gasteiger partial charge in [-0.2, -0.15) is 13.2 Å².